The molecule has 0 radical (unpaired) electrons. The topological polar surface area (TPSA) is 111 Å². The van der Waals surface area contributed by atoms with E-state index in [9.17, 15) is 14.9 Å². The summed E-state index contributed by atoms with van der Waals surface area (Å²) >= 11 is 0. The van der Waals surface area contributed by atoms with Crippen molar-refractivity contribution < 1.29 is 9.72 Å². The summed E-state index contributed by atoms with van der Waals surface area (Å²) in [6.45, 7) is 0. The summed E-state index contributed by atoms with van der Waals surface area (Å²) in [6.07, 6.45) is 3.97. The summed E-state index contributed by atoms with van der Waals surface area (Å²) in [5, 5.41) is 12.8. The molecule has 0 aliphatic carbocycles. The molecule has 2 rings (SSSR count). The van der Waals surface area contributed by atoms with Gasteiger partial charge in [0.25, 0.3) is 11.6 Å². The van der Waals surface area contributed by atoms with Gasteiger partial charge in [-0.25, -0.2) is 15.0 Å². The number of nitro groups is 1. The van der Waals surface area contributed by atoms with Crippen LogP contribution in [0.3, 0.4) is 0 Å². The highest BCUT2D eigenvalue weighted by atomic mass is 16.6. The lowest BCUT2D eigenvalue weighted by molar-refractivity contribution is -0.385. The van der Waals surface area contributed by atoms with Crippen LogP contribution in [-0.4, -0.2) is 25.8 Å². The molecule has 2 aromatic heterocycles. The first-order valence-corrected chi connectivity index (χ1v) is 4.85. The van der Waals surface area contributed by atoms with Gasteiger partial charge in [-0.1, -0.05) is 0 Å². The Morgan fingerprint density at radius 1 is 1.22 bits per heavy atom. The normalized spacial score (nSPS) is 9.78. The zero-order valence-corrected chi connectivity index (χ0v) is 8.98. The van der Waals surface area contributed by atoms with E-state index in [0.29, 0.717) is 0 Å². The van der Waals surface area contributed by atoms with Crippen LogP contribution in [0.2, 0.25) is 0 Å². The Morgan fingerprint density at radius 2 is 1.94 bits per heavy atom. The summed E-state index contributed by atoms with van der Waals surface area (Å²) in [5.41, 5.74) is -0.129. The number of hydrogen-bond acceptors (Lipinski definition) is 6. The number of anilines is 1. The van der Waals surface area contributed by atoms with E-state index in [1.807, 2.05) is 0 Å². The van der Waals surface area contributed by atoms with Crippen LogP contribution in [0.25, 0.3) is 0 Å². The Balaban J connectivity index is 2.12. The minimum atomic E-state index is -0.588. The van der Waals surface area contributed by atoms with Crippen molar-refractivity contribution in [2.45, 2.75) is 0 Å². The average molecular weight is 245 g/mol. The Bertz CT molecular complexity index is 570. The molecule has 8 nitrogen and oxygen atoms in total. The zero-order valence-electron chi connectivity index (χ0n) is 8.98. The third kappa shape index (κ3) is 2.61. The number of rotatable bonds is 3. The van der Waals surface area contributed by atoms with Crippen LogP contribution in [0.15, 0.2) is 36.8 Å². The first-order chi connectivity index (χ1) is 8.66. The summed E-state index contributed by atoms with van der Waals surface area (Å²) in [7, 11) is 0. The molecule has 0 aromatic carbocycles. The molecule has 2 heterocycles. The van der Waals surface area contributed by atoms with Crippen molar-refractivity contribution in [3.63, 3.8) is 0 Å². The van der Waals surface area contributed by atoms with Crippen molar-refractivity contribution in [1.82, 2.24) is 15.0 Å². The molecule has 2 aromatic rings. The second-order valence-corrected chi connectivity index (χ2v) is 3.19. The fourth-order valence-corrected chi connectivity index (χ4v) is 1.16. The van der Waals surface area contributed by atoms with Crippen molar-refractivity contribution in [1.29, 1.82) is 0 Å². The number of amides is 1. The number of carbonyl (C=O) groups is 1. The lowest BCUT2D eigenvalue weighted by Crippen LogP contribution is -2.15. The summed E-state index contributed by atoms with van der Waals surface area (Å²) < 4.78 is 0. The molecule has 0 fully saturated rings. The van der Waals surface area contributed by atoms with Crippen LogP contribution in [0, 0.1) is 10.1 Å². The molecule has 0 spiro atoms. The molecule has 8 heteroatoms. The van der Waals surface area contributed by atoms with Crippen molar-refractivity contribution in [3.05, 3.63) is 52.6 Å². The van der Waals surface area contributed by atoms with Crippen molar-refractivity contribution in [2.75, 3.05) is 5.32 Å². The fraction of sp³-hybridized carbons (Fsp3) is 0. The van der Waals surface area contributed by atoms with E-state index in [2.05, 4.69) is 20.3 Å². The minimum absolute atomic E-state index is 0.0491. The third-order valence-corrected chi connectivity index (χ3v) is 1.98. The predicted molar refractivity (Wildman–Crippen MR) is 60.9 cm³/mol. The number of nitrogens with one attached hydrogen (secondary N) is 1. The highest BCUT2D eigenvalue weighted by Crippen LogP contribution is 2.09. The van der Waals surface area contributed by atoms with E-state index in [0.717, 1.165) is 6.20 Å². The van der Waals surface area contributed by atoms with E-state index < -0.39 is 10.8 Å². The average Bonchev–Trinajstić information content (AvgIpc) is 2.40. The molecule has 0 unspecified atom stereocenters. The van der Waals surface area contributed by atoms with Gasteiger partial charge in [-0.05, 0) is 12.1 Å². The van der Waals surface area contributed by atoms with Gasteiger partial charge >= 0.3 is 0 Å². The van der Waals surface area contributed by atoms with E-state index in [4.69, 9.17) is 0 Å². The minimum Gasteiger partial charge on any atom is -0.289 e. The third-order valence-electron chi connectivity index (χ3n) is 1.98. The number of hydrogen-bond donors (Lipinski definition) is 1. The monoisotopic (exact) mass is 245 g/mol. The van der Waals surface area contributed by atoms with Gasteiger partial charge in [0.05, 0.1) is 4.92 Å². The van der Waals surface area contributed by atoms with Crippen LogP contribution < -0.4 is 5.32 Å². The standard InChI is InChI=1S/C10H7N5O3/c16-9(14-10-11-4-1-5-12-10)8-3-2-7(6-13-8)15(17)18/h1-6H,(H,11,12,14,16). The molecule has 1 amide bonds. The maximum Gasteiger partial charge on any atom is 0.287 e. The lowest BCUT2D eigenvalue weighted by Gasteiger charge is -2.01. The van der Waals surface area contributed by atoms with Gasteiger partial charge in [-0.3, -0.25) is 20.2 Å². The molecule has 0 saturated carbocycles. The molecule has 0 bridgehead atoms. The SMILES string of the molecule is O=C(Nc1ncccn1)c1ccc([N+](=O)[O-])cn1. The Morgan fingerprint density at radius 3 is 2.50 bits per heavy atom. The van der Waals surface area contributed by atoms with Gasteiger partial charge in [0.15, 0.2) is 0 Å². The molecule has 18 heavy (non-hydrogen) atoms. The number of carbonyl (C=O) groups excluding carboxylic acids is 1. The summed E-state index contributed by atoms with van der Waals surface area (Å²) in [5.74, 6) is -0.390. The van der Waals surface area contributed by atoms with E-state index >= 15 is 0 Å². The van der Waals surface area contributed by atoms with Crippen LogP contribution in [-0.2, 0) is 0 Å². The quantitative estimate of drug-likeness (QED) is 0.638. The van der Waals surface area contributed by atoms with Gasteiger partial charge in [0, 0.05) is 18.5 Å². The van der Waals surface area contributed by atoms with Gasteiger partial charge in [-0.15, -0.1) is 0 Å². The largest absolute Gasteiger partial charge is 0.289 e. The number of nitrogens with zero attached hydrogens (tertiary/aromatic N) is 4. The maximum absolute atomic E-state index is 11.7. The van der Waals surface area contributed by atoms with Gasteiger partial charge < -0.3 is 0 Å². The smallest absolute Gasteiger partial charge is 0.287 e. The fourth-order valence-electron chi connectivity index (χ4n) is 1.16. The van der Waals surface area contributed by atoms with Crippen LogP contribution >= 0.6 is 0 Å². The van der Waals surface area contributed by atoms with Gasteiger partial charge in [-0.2, -0.15) is 0 Å². The molecule has 1 N–H and O–H groups in total. The molecule has 0 aliphatic heterocycles. The van der Waals surface area contributed by atoms with Crippen LogP contribution in [0.5, 0.6) is 0 Å². The molecular weight excluding hydrogens is 238 g/mol. The Kier molecular flexibility index (Phi) is 3.19. The predicted octanol–water partition coefficient (Wildman–Crippen LogP) is 1.03. The van der Waals surface area contributed by atoms with Crippen molar-refractivity contribution in [3.8, 4) is 0 Å². The zero-order chi connectivity index (χ0) is 13.0. The molecule has 0 saturated heterocycles. The first kappa shape index (κ1) is 11.6. The molecule has 90 valence electrons. The van der Waals surface area contributed by atoms with Crippen molar-refractivity contribution >= 4 is 17.5 Å². The highest BCUT2D eigenvalue weighted by molar-refractivity contribution is 6.01. The van der Waals surface area contributed by atoms with E-state index in [-0.39, 0.29) is 17.3 Å². The van der Waals surface area contributed by atoms with Crippen molar-refractivity contribution in [2.24, 2.45) is 0 Å². The lowest BCUT2D eigenvalue weighted by atomic mass is 10.3. The highest BCUT2D eigenvalue weighted by Gasteiger charge is 2.11. The summed E-state index contributed by atoms with van der Waals surface area (Å²) in [4.78, 5) is 32.8. The first-order valence-electron chi connectivity index (χ1n) is 4.85. The number of pyridine rings is 1. The number of aromatic nitrogens is 3. The van der Waals surface area contributed by atoms with Gasteiger partial charge in [0.1, 0.15) is 11.9 Å². The second-order valence-electron chi connectivity index (χ2n) is 3.19. The Labute approximate surface area is 101 Å². The second kappa shape index (κ2) is 4.95. The maximum atomic E-state index is 11.7. The van der Waals surface area contributed by atoms with Gasteiger partial charge in [0.2, 0.25) is 5.95 Å². The molecular formula is C10H7N5O3. The van der Waals surface area contributed by atoms with Crippen LogP contribution in [0.4, 0.5) is 11.6 Å². The Hall–Kier alpha value is -2.90. The molecule has 0 atom stereocenters. The van der Waals surface area contributed by atoms with E-state index in [1.54, 1.807) is 6.07 Å². The summed E-state index contributed by atoms with van der Waals surface area (Å²) in [6, 6.07) is 4.07. The van der Waals surface area contributed by atoms with Crippen LogP contribution in [0.1, 0.15) is 10.5 Å². The molecule has 0 aliphatic rings. The van der Waals surface area contributed by atoms with E-state index in [1.165, 1.54) is 24.5 Å².